The smallest absolute Gasteiger partial charge is 0.308 e. The van der Waals surface area contributed by atoms with E-state index in [1.807, 2.05) is 28.8 Å². The first kappa shape index (κ1) is 27.9. The van der Waals surface area contributed by atoms with Gasteiger partial charge in [0.15, 0.2) is 11.2 Å². The number of fused-ring (bicyclic) bond motifs is 2. The maximum absolute atomic E-state index is 15.7. The third kappa shape index (κ3) is 4.61. The van der Waals surface area contributed by atoms with E-state index in [9.17, 15) is 14.4 Å². The molecule has 0 bridgehead atoms. The standard InChI is InChI=1S/C33H31FN6O4S/c1-44-31(43)21-13-33(14-21)16-39(17-33)22-6-4-19(5-7-22)20-11-23-24(25(34)12-20)15-40(30(23)42)28(29(41)37-32-35-8-10-45-32)27-26-3-2-9-38(26)18-36-27/h4-8,10-12,18,21,28H,2-3,9,13-17H2,1H3,(H,35,37,41). The third-order valence-electron chi connectivity index (χ3n) is 9.80. The first-order valence-corrected chi connectivity index (χ1v) is 16.0. The Morgan fingerprint density at radius 3 is 2.67 bits per heavy atom. The minimum absolute atomic E-state index is 0.0103. The number of hydrogen-bond donors (Lipinski definition) is 1. The van der Waals surface area contributed by atoms with Crippen LogP contribution in [0.4, 0.5) is 15.2 Å². The molecule has 12 heteroatoms. The predicted molar refractivity (Wildman–Crippen MR) is 165 cm³/mol. The number of rotatable bonds is 7. The molecule has 230 valence electrons. The number of amides is 2. The van der Waals surface area contributed by atoms with E-state index in [4.69, 9.17) is 4.74 Å². The van der Waals surface area contributed by atoms with Crippen LogP contribution < -0.4 is 10.2 Å². The van der Waals surface area contributed by atoms with E-state index >= 15 is 4.39 Å². The topological polar surface area (TPSA) is 110 Å². The van der Waals surface area contributed by atoms with Gasteiger partial charge in [-0.1, -0.05) is 12.1 Å². The van der Waals surface area contributed by atoms with Crippen LogP contribution in [0.5, 0.6) is 0 Å². The lowest BCUT2D eigenvalue weighted by Gasteiger charge is -2.59. The van der Waals surface area contributed by atoms with Crippen LogP contribution in [0.15, 0.2) is 54.3 Å². The van der Waals surface area contributed by atoms with Gasteiger partial charge < -0.3 is 19.1 Å². The molecule has 1 unspecified atom stereocenters. The molecule has 3 aliphatic heterocycles. The minimum Gasteiger partial charge on any atom is -0.469 e. The lowest BCUT2D eigenvalue weighted by molar-refractivity contribution is -0.155. The Hall–Kier alpha value is -4.58. The number of carbonyl (C=O) groups excluding carboxylic acids is 3. The van der Waals surface area contributed by atoms with E-state index < -0.39 is 23.7 Å². The summed E-state index contributed by atoms with van der Waals surface area (Å²) >= 11 is 1.29. The summed E-state index contributed by atoms with van der Waals surface area (Å²) in [5.74, 6) is -1.42. The van der Waals surface area contributed by atoms with Crippen LogP contribution >= 0.6 is 11.3 Å². The molecule has 1 saturated carbocycles. The van der Waals surface area contributed by atoms with Crippen LogP contribution in [-0.4, -0.2) is 57.4 Å². The predicted octanol–water partition coefficient (Wildman–Crippen LogP) is 4.82. The Balaban J connectivity index is 1.02. The molecule has 4 aliphatic rings. The van der Waals surface area contributed by atoms with E-state index in [1.54, 1.807) is 24.0 Å². The number of ether oxygens (including phenoxy) is 1. The van der Waals surface area contributed by atoms with Crippen molar-refractivity contribution >= 4 is 39.9 Å². The second-order valence-electron chi connectivity index (χ2n) is 12.6. The van der Waals surface area contributed by atoms with Crippen molar-refractivity contribution in [2.75, 3.05) is 30.4 Å². The van der Waals surface area contributed by atoms with E-state index in [1.165, 1.54) is 29.4 Å². The fraction of sp³-hybridized carbons (Fsp3) is 0.364. The molecule has 1 N–H and O–H groups in total. The highest BCUT2D eigenvalue weighted by Crippen LogP contribution is 2.53. The number of carbonyl (C=O) groups is 3. The van der Waals surface area contributed by atoms with Crippen molar-refractivity contribution in [2.45, 2.75) is 44.8 Å². The molecule has 2 aromatic heterocycles. The molecule has 4 aromatic rings. The first-order valence-electron chi connectivity index (χ1n) is 15.1. The number of aromatic nitrogens is 3. The quantitative estimate of drug-likeness (QED) is 0.293. The molecule has 2 amide bonds. The van der Waals surface area contributed by atoms with E-state index in [0.29, 0.717) is 16.4 Å². The summed E-state index contributed by atoms with van der Waals surface area (Å²) < 4.78 is 22.6. The van der Waals surface area contributed by atoms with Crippen LogP contribution in [0, 0.1) is 17.2 Å². The molecule has 2 aromatic carbocycles. The summed E-state index contributed by atoms with van der Waals surface area (Å²) in [7, 11) is 1.44. The monoisotopic (exact) mass is 626 g/mol. The van der Waals surface area contributed by atoms with E-state index in [0.717, 1.165) is 62.3 Å². The summed E-state index contributed by atoms with van der Waals surface area (Å²) in [6, 6.07) is 10.1. The van der Waals surface area contributed by atoms with Crippen molar-refractivity contribution in [3.05, 3.63) is 82.6 Å². The van der Waals surface area contributed by atoms with Crippen LogP contribution in [0.3, 0.4) is 0 Å². The minimum atomic E-state index is -1.02. The summed E-state index contributed by atoms with van der Waals surface area (Å²) in [5.41, 5.74) is 4.63. The molecule has 2 fully saturated rings. The van der Waals surface area contributed by atoms with Crippen LogP contribution in [0.25, 0.3) is 11.1 Å². The summed E-state index contributed by atoms with van der Waals surface area (Å²) in [6.45, 7) is 2.57. The second kappa shape index (κ2) is 10.5. The number of imidazole rings is 1. The van der Waals surface area contributed by atoms with Crippen molar-refractivity contribution in [3.8, 4) is 11.1 Å². The average molecular weight is 627 g/mol. The van der Waals surface area contributed by atoms with E-state index in [2.05, 4.69) is 20.2 Å². The molecule has 5 heterocycles. The van der Waals surface area contributed by atoms with Gasteiger partial charge in [0.2, 0.25) is 0 Å². The largest absolute Gasteiger partial charge is 0.469 e. The van der Waals surface area contributed by atoms with Gasteiger partial charge in [-0.15, -0.1) is 11.3 Å². The van der Waals surface area contributed by atoms with Gasteiger partial charge in [0.25, 0.3) is 11.8 Å². The van der Waals surface area contributed by atoms with Crippen molar-refractivity contribution < 1.29 is 23.5 Å². The van der Waals surface area contributed by atoms with Crippen LogP contribution in [0.1, 0.15) is 52.6 Å². The molecule has 8 rings (SSSR count). The van der Waals surface area contributed by atoms with Gasteiger partial charge in [0, 0.05) is 59.1 Å². The number of esters is 1. The van der Waals surface area contributed by atoms with Gasteiger partial charge in [0.1, 0.15) is 5.82 Å². The Bertz CT molecular complexity index is 1820. The summed E-state index contributed by atoms with van der Waals surface area (Å²) in [6.07, 6.45) is 6.73. The maximum Gasteiger partial charge on any atom is 0.308 e. The van der Waals surface area contributed by atoms with E-state index in [-0.39, 0.29) is 35.0 Å². The zero-order chi connectivity index (χ0) is 30.9. The van der Waals surface area contributed by atoms with Gasteiger partial charge >= 0.3 is 5.97 Å². The Labute approximate surface area is 262 Å². The third-order valence-corrected chi connectivity index (χ3v) is 10.5. The van der Waals surface area contributed by atoms with Gasteiger partial charge in [-0.25, -0.2) is 14.4 Å². The number of benzene rings is 2. The molecule has 1 saturated heterocycles. The summed E-state index contributed by atoms with van der Waals surface area (Å²) in [4.78, 5) is 51.9. The molecule has 1 spiro atoms. The second-order valence-corrected chi connectivity index (χ2v) is 13.4. The number of nitrogens with one attached hydrogen (secondary N) is 1. The van der Waals surface area contributed by atoms with Gasteiger partial charge in [0.05, 0.1) is 31.6 Å². The summed E-state index contributed by atoms with van der Waals surface area (Å²) in [5, 5.41) is 5.01. The van der Waals surface area contributed by atoms with Crippen molar-refractivity contribution in [1.82, 2.24) is 19.4 Å². The van der Waals surface area contributed by atoms with Gasteiger partial charge in [-0.2, -0.15) is 0 Å². The fourth-order valence-electron chi connectivity index (χ4n) is 7.55. The van der Waals surface area contributed by atoms with Crippen molar-refractivity contribution in [1.29, 1.82) is 0 Å². The number of anilines is 2. The molecule has 1 aliphatic carbocycles. The molecule has 0 radical (unpaired) electrons. The highest BCUT2D eigenvalue weighted by atomic mass is 32.1. The molecular weight excluding hydrogens is 595 g/mol. The van der Waals surface area contributed by atoms with Crippen molar-refractivity contribution in [3.63, 3.8) is 0 Å². The Morgan fingerprint density at radius 2 is 1.93 bits per heavy atom. The van der Waals surface area contributed by atoms with Crippen LogP contribution in [0.2, 0.25) is 0 Å². The number of aryl methyl sites for hydroxylation is 1. The Kier molecular flexibility index (Phi) is 6.52. The maximum atomic E-state index is 15.7. The number of thiazole rings is 1. The number of methoxy groups -OCH3 is 1. The average Bonchev–Trinajstić information content (AvgIpc) is 3.80. The van der Waals surface area contributed by atoms with Crippen LogP contribution in [-0.2, 0) is 33.8 Å². The molecule has 1 atom stereocenters. The SMILES string of the molecule is COC(=O)C1CC2(C1)CN(c1ccc(-c3cc(F)c4c(c3)C(=O)N(C(C(=O)Nc3nccs3)c3ncn5c3CCC5)C4)cc1)C2. The number of nitrogens with zero attached hydrogens (tertiary/aromatic N) is 5. The molecule has 10 nitrogen and oxygen atoms in total. The fourth-order valence-corrected chi connectivity index (χ4v) is 8.08. The highest BCUT2D eigenvalue weighted by Gasteiger charge is 2.54. The number of hydrogen-bond acceptors (Lipinski definition) is 8. The normalized spacial score (nSPS) is 18.8. The zero-order valence-electron chi connectivity index (χ0n) is 24.7. The number of halogens is 1. The zero-order valence-corrected chi connectivity index (χ0v) is 25.5. The first-order chi connectivity index (χ1) is 21.8. The molecular formula is C33H31FN6O4S. The highest BCUT2D eigenvalue weighted by molar-refractivity contribution is 7.13. The Morgan fingerprint density at radius 1 is 1.13 bits per heavy atom. The lowest BCUT2D eigenvalue weighted by atomic mass is 9.57. The lowest BCUT2D eigenvalue weighted by Crippen LogP contribution is -2.63. The van der Waals surface area contributed by atoms with Crippen molar-refractivity contribution in [2.24, 2.45) is 11.3 Å². The van der Waals surface area contributed by atoms with Gasteiger partial charge in [-0.3, -0.25) is 19.7 Å². The van der Waals surface area contributed by atoms with Gasteiger partial charge in [-0.05, 0) is 61.1 Å². The molecule has 45 heavy (non-hydrogen) atoms.